The highest BCUT2D eigenvalue weighted by atomic mass is 16.5. The van der Waals surface area contributed by atoms with E-state index in [1.165, 1.54) is 12.8 Å². The van der Waals surface area contributed by atoms with Crippen LogP contribution in [0.5, 0.6) is 0 Å². The van der Waals surface area contributed by atoms with Gasteiger partial charge in [0.2, 0.25) is 11.8 Å². The summed E-state index contributed by atoms with van der Waals surface area (Å²) in [5, 5.41) is 2.76. The van der Waals surface area contributed by atoms with Crippen LogP contribution in [0, 0.1) is 5.92 Å². The molecule has 3 unspecified atom stereocenters. The van der Waals surface area contributed by atoms with Gasteiger partial charge in [0.15, 0.2) is 0 Å². The maximum Gasteiger partial charge on any atom is 0.245 e. The molecule has 100 valence electrons. The van der Waals surface area contributed by atoms with Crippen molar-refractivity contribution in [3.05, 3.63) is 0 Å². The first kappa shape index (κ1) is 12.0. The minimum atomic E-state index is -0.341. The molecule has 0 spiro atoms. The lowest BCUT2D eigenvalue weighted by molar-refractivity contribution is -0.148. The zero-order valence-electron chi connectivity index (χ0n) is 10.7. The number of amides is 2. The number of nitrogens with zero attached hydrogens (tertiary/aromatic N) is 1. The molecule has 18 heavy (non-hydrogen) atoms. The standard InChI is InChI=1S/C13H20N2O3/c1-2-9-13(17)15(7-11(16)14-9)10-5-6-18-12(10)8-3-4-8/h8-10,12H,2-7H2,1H3,(H,14,16). The van der Waals surface area contributed by atoms with E-state index in [2.05, 4.69) is 5.32 Å². The molecule has 1 saturated carbocycles. The van der Waals surface area contributed by atoms with E-state index in [0.29, 0.717) is 18.9 Å². The summed E-state index contributed by atoms with van der Waals surface area (Å²) in [6, 6.07) is -0.225. The van der Waals surface area contributed by atoms with Crippen LogP contribution in [0.4, 0.5) is 0 Å². The Morgan fingerprint density at radius 2 is 2.11 bits per heavy atom. The van der Waals surface area contributed by atoms with Gasteiger partial charge in [-0.2, -0.15) is 0 Å². The topological polar surface area (TPSA) is 58.6 Å². The first-order valence-corrected chi connectivity index (χ1v) is 6.92. The Morgan fingerprint density at radius 1 is 1.33 bits per heavy atom. The van der Waals surface area contributed by atoms with Crippen LogP contribution in [-0.4, -0.2) is 48.1 Å². The van der Waals surface area contributed by atoms with Crippen LogP contribution in [0.2, 0.25) is 0 Å². The van der Waals surface area contributed by atoms with Crippen molar-refractivity contribution in [3.8, 4) is 0 Å². The number of hydrogen-bond donors (Lipinski definition) is 1. The van der Waals surface area contributed by atoms with Gasteiger partial charge in [-0.3, -0.25) is 9.59 Å². The van der Waals surface area contributed by atoms with E-state index in [0.717, 1.165) is 6.42 Å². The minimum absolute atomic E-state index is 0.0390. The van der Waals surface area contributed by atoms with Crippen molar-refractivity contribution in [2.75, 3.05) is 13.2 Å². The van der Waals surface area contributed by atoms with Gasteiger partial charge in [0, 0.05) is 6.61 Å². The van der Waals surface area contributed by atoms with Crippen LogP contribution < -0.4 is 5.32 Å². The third kappa shape index (κ3) is 2.00. The molecule has 5 nitrogen and oxygen atoms in total. The first-order valence-electron chi connectivity index (χ1n) is 6.92. The normalized spacial score (nSPS) is 36.9. The summed E-state index contributed by atoms with van der Waals surface area (Å²) in [5.74, 6) is 0.636. The van der Waals surface area contributed by atoms with Crippen LogP contribution in [0.3, 0.4) is 0 Å². The highest BCUT2D eigenvalue weighted by Gasteiger charge is 2.46. The molecular weight excluding hydrogens is 232 g/mol. The van der Waals surface area contributed by atoms with Crippen LogP contribution in [0.25, 0.3) is 0 Å². The lowest BCUT2D eigenvalue weighted by Gasteiger charge is -2.38. The molecule has 2 aliphatic heterocycles. The second-order valence-corrected chi connectivity index (χ2v) is 5.52. The predicted molar refractivity (Wildman–Crippen MR) is 64.8 cm³/mol. The summed E-state index contributed by atoms with van der Waals surface area (Å²) in [6.07, 6.45) is 4.09. The molecule has 1 N–H and O–H groups in total. The van der Waals surface area contributed by atoms with E-state index in [1.54, 1.807) is 4.90 Å². The number of hydrogen-bond acceptors (Lipinski definition) is 3. The summed E-state index contributed by atoms with van der Waals surface area (Å²) in [4.78, 5) is 25.8. The number of rotatable bonds is 3. The molecule has 0 radical (unpaired) electrons. The molecule has 0 bridgehead atoms. The van der Waals surface area contributed by atoms with E-state index in [-0.39, 0.29) is 36.5 Å². The Bertz CT molecular complexity index is 367. The number of carbonyl (C=O) groups excluding carboxylic acids is 2. The zero-order chi connectivity index (χ0) is 12.7. The molecule has 3 fully saturated rings. The molecular formula is C13H20N2O3. The van der Waals surface area contributed by atoms with E-state index >= 15 is 0 Å². The molecule has 1 aliphatic carbocycles. The number of ether oxygens (including phenoxy) is 1. The molecule has 3 atom stereocenters. The van der Waals surface area contributed by atoms with Gasteiger partial charge in [-0.25, -0.2) is 0 Å². The van der Waals surface area contributed by atoms with E-state index < -0.39 is 0 Å². The van der Waals surface area contributed by atoms with Gasteiger partial charge in [-0.05, 0) is 31.6 Å². The Balaban J connectivity index is 1.76. The fourth-order valence-electron chi connectivity index (χ4n) is 3.10. The summed E-state index contributed by atoms with van der Waals surface area (Å²) >= 11 is 0. The number of piperazine rings is 1. The molecule has 2 amide bonds. The summed E-state index contributed by atoms with van der Waals surface area (Å²) in [6.45, 7) is 2.84. The highest BCUT2D eigenvalue weighted by Crippen LogP contribution is 2.40. The van der Waals surface area contributed by atoms with Crippen molar-refractivity contribution in [1.29, 1.82) is 0 Å². The van der Waals surface area contributed by atoms with Crippen molar-refractivity contribution in [3.63, 3.8) is 0 Å². The number of carbonyl (C=O) groups is 2. The average molecular weight is 252 g/mol. The molecule has 2 heterocycles. The van der Waals surface area contributed by atoms with E-state index in [1.807, 2.05) is 6.92 Å². The lowest BCUT2D eigenvalue weighted by atomic mass is 10.0. The van der Waals surface area contributed by atoms with Gasteiger partial charge < -0.3 is 15.0 Å². The third-order valence-electron chi connectivity index (χ3n) is 4.23. The quantitative estimate of drug-likeness (QED) is 0.785. The predicted octanol–water partition coefficient (Wildman–Crippen LogP) is 0.291. The Hall–Kier alpha value is -1.10. The molecule has 3 aliphatic rings. The second kappa shape index (κ2) is 4.53. The largest absolute Gasteiger partial charge is 0.376 e. The molecule has 3 rings (SSSR count). The van der Waals surface area contributed by atoms with Crippen LogP contribution in [0.15, 0.2) is 0 Å². The van der Waals surface area contributed by atoms with E-state index in [9.17, 15) is 9.59 Å². The SMILES string of the molecule is CCC1NC(=O)CN(C2CCOC2C2CC2)C1=O. The van der Waals surface area contributed by atoms with Gasteiger partial charge in [0.05, 0.1) is 12.1 Å². The maximum absolute atomic E-state index is 12.3. The third-order valence-corrected chi connectivity index (χ3v) is 4.23. The highest BCUT2D eigenvalue weighted by molar-refractivity contribution is 5.95. The first-order chi connectivity index (χ1) is 8.70. The smallest absolute Gasteiger partial charge is 0.245 e. The van der Waals surface area contributed by atoms with Crippen molar-refractivity contribution < 1.29 is 14.3 Å². The molecule has 2 saturated heterocycles. The zero-order valence-corrected chi connectivity index (χ0v) is 10.7. The van der Waals surface area contributed by atoms with Crippen molar-refractivity contribution >= 4 is 11.8 Å². The van der Waals surface area contributed by atoms with Crippen LogP contribution in [0.1, 0.15) is 32.6 Å². The summed E-state index contributed by atoms with van der Waals surface area (Å²) < 4.78 is 5.77. The lowest BCUT2D eigenvalue weighted by Crippen LogP contribution is -2.61. The Labute approximate surface area is 107 Å². The van der Waals surface area contributed by atoms with Crippen LogP contribution in [-0.2, 0) is 14.3 Å². The van der Waals surface area contributed by atoms with Gasteiger partial charge in [-0.15, -0.1) is 0 Å². The minimum Gasteiger partial charge on any atom is -0.376 e. The fourth-order valence-corrected chi connectivity index (χ4v) is 3.10. The average Bonchev–Trinajstić information content (AvgIpc) is 3.10. The van der Waals surface area contributed by atoms with Crippen molar-refractivity contribution in [2.24, 2.45) is 5.92 Å². The van der Waals surface area contributed by atoms with Gasteiger partial charge in [-0.1, -0.05) is 6.92 Å². The molecule has 0 aromatic rings. The summed E-state index contributed by atoms with van der Waals surface area (Å²) in [5.41, 5.74) is 0. The Kier molecular flexibility index (Phi) is 3.01. The number of nitrogens with one attached hydrogen (secondary N) is 1. The molecule has 5 heteroatoms. The summed E-state index contributed by atoms with van der Waals surface area (Å²) in [7, 11) is 0. The van der Waals surface area contributed by atoms with E-state index in [4.69, 9.17) is 4.74 Å². The molecule has 0 aromatic heterocycles. The molecule has 0 aromatic carbocycles. The van der Waals surface area contributed by atoms with Crippen molar-refractivity contribution in [1.82, 2.24) is 10.2 Å². The van der Waals surface area contributed by atoms with Gasteiger partial charge >= 0.3 is 0 Å². The van der Waals surface area contributed by atoms with Crippen LogP contribution >= 0.6 is 0 Å². The maximum atomic E-state index is 12.3. The Morgan fingerprint density at radius 3 is 2.78 bits per heavy atom. The monoisotopic (exact) mass is 252 g/mol. The fraction of sp³-hybridized carbons (Fsp3) is 0.846. The van der Waals surface area contributed by atoms with Gasteiger partial charge in [0.25, 0.3) is 0 Å². The van der Waals surface area contributed by atoms with Crippen molar-refractivity contribution in [2.45, 2.75) is 50.8 Å². The van der Waals surface area contributed by atoms with Gasteiger partial charge in [0.1, 0.15) is 12.6 Å². The second-order valence-electron chi connectivity index (χ2n) is 5.52.